The molecule has 3 rings (SSSR count). The maximum absolute atomic E-state index is 5.74. The lowest BCUT2D eigenvalue weighted by molar-refractivity contribution is 0.0115. The van der Waals surface area contributed by atoms with Gasteiger partial charge in [0.1, 0.15) is 0 Å². The van der Waals surface area contributed by atoms with Crippen molar-refractivity contribution in [3.63, 3.8) is 0 Å². The van der Waals surface area contributed by atoms with Gasteiger partial charge in [-0.3, -0.25) is 0 Å². The summed E-state index contributed by atoms with van der Waals surface area (Å²) in [6, 6.07) is 8.45. The summed E-state index contributed by atoms with van der Waals surface area (Å²) in [5.41, 5.74) is 2.56. The van der Waals surface area contributed by atoms with Crippen LogP contribution in [0, 0.1) is 0 Å². The summed E-state index contributed by atoms with van der Waals surface area (Å²) in [7, 11) is 0. The summed E-state index contributed by atoms with van der Waals surface area (Å²) in [6.45, 7) is 2.91. The molecule has 1 aliphatic rings. The Bertz CT molecular complexity index is 514. The van der Waals surface area contributed by atoms with E-state index in [-0.39, 0.29) is 0 Å². The Labute approximate surface area is 114 Å². The van der Waals surface area contributed by atoms with Crippen LogP contribution < -0.4 is 5.32 Å². The Hall–Kier alpha value is -1.32. The number of aromatic amines is 1. The van der Waals surface area contributed by atoms with E-state index >= 15 is 0 Å². The summed E-state index contributed by atoms with van der Waals surface area (Å²) in [6.07, 6.45) is 7.50. The zero-order valence-electron chi connectivity index (χ0n) is 11.3. The highest BCUT2D eigenvalue weighted by Gasteiger charge is 2.12. The molecule has 102 valence electrons. The Morgan fingerprint density at radius 1 is 1.26 bits per heavy atom. The quantitative estimate of drug-likeness (QED) is 0.808. The standard InChI is InChI=1S/C16H22N2O/c1-2-7-16-15(6-1)13(12-18-16)11-17-9-8-14-5-3-4-10-19-14/h1-2,6-7,12,14,17-18H,3-5,8-11H2. The van der Waals surface area contributed by atoms with Crippen LogP contribution in [0.15, 0.2) is 30.5 Å². The Morgan fingerprint density at radius 3 is 3.11 bits per heavy atom. The average Bonchev–Trinajstić information content (AvgIpc) is 2.88. The van der Waals surface area contributed by atoms with E-state index in [9.17, 15) is 0 Å². The summed E-state index contributed by atoms with van der Waals surface area (Å²) in [5, 5.41) is 4.85. The van der Waals surface area contributed by atoms with E-state index in [1.807, 2.05) is 0 Å². The van der Waals surface area contributed by atoms with Gasteiger partial charge in [0.2, 0.25) is 0 Å². The highest BCUT2D eigenvalue weighted by molar-refractivity contribution is 5.82. The molecule has 0 radical (unpaired) electrons. The molecule has 1 atom stereocenters. The SMILES string of the molecule is c1ccc2c(CNCCC3CCCCO3)c[nH]c2c1. The minimum Gasteiger partial charge on any atom is -0.378 e. The van der Waals surface area contributed by atoms with E-state index in [0.29, 0.717) is 6.10 Å². The van der Waals surface area contributed by atoms with Gasteiger partial charge in [0.15, 0.2) is 0 Å². The van der Waals surface area contributed by atoms with Crippen LogP contribution in [0.3, 0.4) is 0 Å². The van der Waals surface area contributed by atoms with Crippen LogP contribution in [-0.2, 0) is 11.3 Å². The first-order valence-corrected chi connectivity index (χ1v) is 7.31. The molecule has 1 aromatic heterocycles. The second-order valence-corrected chi connectivity index (χ2v) is 5.31. The van der Waals surface area contributed by atoms with Crippen molar-refractivity contribution in [1.29, 1.82) is 0 Å². The molecule has 2 aromatic rings. The van der Waals surface area contributed by atoms with Gasteiger partial charge in [-0.1, -0.05) is 18.2 Å². The molecule has 0 spiro atoms. The van der Waals surface area contributed by atoms with E-state index in [2.05, 4.69) is 40.8 Å². The predicted octanol–water partition coefficient (Wildman–Crippen LogP) is 3.22. The van der Waals surface area contributed by atoms with Gasteiger partial charge in [-0.25, -0.2) is 0 Å². The molecule has 2 N–H and O–H groups in total. The number of fused-ring (bicyclic) bond motifs is 1. The fourth-order valence-electron chi connectivity index (χ4n) is 2.80. The molecule has 1 unspecified atom stereocenters. The summed E-state index contributed by atoms with van der Waals surface area (Å²) < 4.78 is 5.74. The fraction of sp³-hybridized carbons (Fsp3) is 0.500. The van der Waals surface area contributed by atoms with Gasteiger partial charge in [0, 0.05) is 30.3 Å². The van der Waals surface area contributed by atoms with Gasteiger partial charge in [-0.15, -0.1) is 0 Å². The summed E-state index contributed by atoms with van der Waals surface area (Å²) >= 11 is 0. The maximum atomic E-state index is 5.74. The van der Waals surface area contributed by atoms with E-state index in [1.54, 1.807) is 0 Å². The highest BCUT2D eigenvalue weighted by Crippen LogP contribution is 2.18. The molecule has 1 aromatic carbocycles. The number of H-pyrrole nitrogens is 1. The van der Waals surface area contributed by atoms with Crippen molar-refractivity contribution < 1.29 is 4.74 Å². The fourth-order valence-corrected chi connectivity index (χ4v) is 2.80. The van der Waals surface area contributed by atoms with E-state index in [4.69, 9.17) is 4.74 Å². The number of ether oxygens (including phenoxy) is 1. The lowest BCUT2D eigenvalue weighted by Gasteiger charge is -2.22. The molecule has 0 bridgehead atoms. The lowest BCUT2D eigenvalue weighted by Crippen LogP contribution is -2.25. The van der Waals surface area contributed by atoms with Crippen molar-refractivity contribution in [2.45, 2.75) is 38.3 Å². The third-order valence-corrected chi connectivity index (χ3v) is 3.91. The third-order valence-electron chi connectivity index (χ3n) is 3.91. The van der Waals surface area contributed by atoms with Gasteiger partial charge < -0.3 is 15.0 Å². The third kappa shape index (κ3) is 3.17. The van der Waals surface area contributed by atoms with Crippen molar-refractivity contribution in [1.82, 2.24) is 10.3 Å². The molecular weight excluding hydrogens is 236 g/mol. The van der Waals surface area contributed by atoms with Gasteiger partial charge in [-0.05, 0) is 43.9 Å². The van der Waals surface area contributed by atoms with Gasteiger partial charge >= 0.3 is 0 Å². The Kier molecular flexibility index (Phi) is 4.16. The van der Waals surface area contributed by atoms with Gasteiger partial charge in [-0.2, -0.15) is 0 Å². The maximum Gasteiger partial charge on any atom is 0.0587 e. The minimum atomic E-state index is 0.476. The Morgan fingerprint density at radius 2 is 2.21 bits per heavy atom. The number of para-hydroxylation sites is 1. The van der Waals surface area contributed by atoms with Crippen molar-refractivity contribution in [3.05, 3.63) is 36.0 Å². The molecule has 0 saturated carbocycles. The van der Waals surface area contributed by atoms with Crippen LogP contribution in [0.25, 0.3) is 10.9 Å². The smallest absolute Gasteiger partial charge is 0.0587 e. The van der Waals surface area contributed by atoms with Crippen LogP contribution >= 0.6 is 0 Å². The normalized spacial score (nSPS) is 19.9. The first kappa shape index (κ1) is 12.7. The molecule has 2 heterocycles. The van der Waals surface area contributed by atoms with Crippen LogP contribution in [0.2, 0.25) is 0 Å². The zero-order valence-corrected chi connectivity index (χ0v) is 11.3. The highest BCUT2D eigenvalue weighted by atomic mass is 16.5. The zero-order chi connectivity index (χ0) is 12.9. The average molecular weight is 258 g/mol. The molecule has 19 heavy (non-hydrogen) atoms. The van der Waals surface area contributed by atoms with Crippen LogP contribution in [-0.4, -0.2) is 24.2 Å². The molecule has 1 aliphatic heterocycles. The topological polar surface area (TPSA) is 37.0 Å². The van der Waals surface area contributed by atoms with Crippen LogP contribution in [0.5, 0.6) is 0 Å². The van der Waals surface area contributed by atoms with Gasteiger partial charge in [0.05, 0.1) is 6.10 Å². The number of aromatic nitrogens is 1. The molecule has 1 saturated heterocycles. The second-order valence-electron chi connectivity index (χ2n) is 5.31. The van der Waals surface area contributed by atoms with E-state index in [0.717, 1.165) is 26.1 Å². The number of hydrogen-bond acceptors (Lipinski definition) is 2. The van der Waals surface area contributed by atoms with E-state index < -0.39 is 0 Å². The molecule has 3 nitrogen and oxygen atoms in total. The molecular formula is C16H22N2O. The van der Waals surface area contributed by atoms with E-state index in [1.165, 1.54) is 35.7 Å². The molecule has 1 fully saturated rings. The van der Waals surface area contributed by atoms with Crippen LogP contribution in [0.4, 0.5) is 0 Å². The first-order chi connectivity index (χ1) is 9.43. The monoisotopic (exact) mass is 258 g/mol. The summed E-state index contributed by atoms with van der Waals surface area (Å²) in [4.78, 5) is 3.31. The number of nitrogens with one attached hydrogen (secondary N) is 2. The molecule has 0 aliphatic carbocycles. The Balaban J connectivity index is 1.47. The van der Waals surface area contributed by atoms with Gasteiger partial charge in [0.25, 0.3) is 0 Å². The first-order valence-electron chi connectivity index (χ1n) is 7.31. The minimum absolute atomic E-state index is 0.476. The number of benzene rings is 1. The van der Waals surface area contributed by atoms with Crippen LogP contribution in [0.1, 0.15) is 31.2 Å². The largest absolute Gasteiger partial charge is 0.378 e. The van der Waals surface area contributed by atoms with Crippen molar-refractivity contribution in [2.75, 3.05) is 13.2 Å². The van der Waals surface area contributed by atoms with Crippen molar-refractivity contribution >= 4 is 10.9 Å². The van der Waals surface area contributed by atoms with Crippen molar-refractivity contribution in [3.8, 4) is 0 Å². The summed E-state index contributed by atoms with van der Waals surface area (Å²) in [5.74, 6) is 0. The number of rotatable bonds is 5. The van der Waals surface area contributed by atoms with Crippen molar-refractivity contribution in [2.24, 2.45) is 0 Å². The predicted molar refractivity (Wildman–Crippen MR) is 78.2 cm³/mol. The number of hydrogen-bond donors (Lipinski definition) is 2. The molecule has 3 heteroatoms. The molecule has 0 amide bonds. The second kappa shape index (κ2) is 6.22. The lowest BCUT2D eigenvalue weighted by atomic mass is 10.1.